The molecule has 0 radical (unpaired) electrons. The Morgan fingerprint density at radius 3 is 2.46 bits per heavy atom. The number of nitrogens with one attached hydrogen (secondary N) is 2. The lowest BCUT2D eigenvalue weighted by atomic mass is 10.2. The van der Waals surface area contributed by atoms with E-state index in [-0.39, 0.29) is 19.0 Å². The number of aliphatic imine (C=N–C) groups is 1. The van der Waals surface area contributed by atoms with Gasteiger partial charge in [-0.1, -0.05) is 41.4 Å². The maximum atomic E-state index is 13.5. The standard InChI is InChI=1S/C24H26Cl2N6O3/c1-35-18-7-4-16(5-8-18)14-31-22(29-10-2-3-21-27-11-12-28-21)30-23(33)32(24(31)34)15-17-6-9-19(25)20(26)13-17/h4-9,13H,2-3,10-12,14-15H2,1H3,(H,27,28)(H,29,30,33). The summed E-state index contributed by atoms with van der Waals surface area (Å²) in [6.07, 6.45) is 1.56. The Kier molecular flexibility index (Phi) is 8.09. The number of amidine groups is 1. The van der Waals surface area contributed by atoms with Crippen molar-refractivity contribution in [1.29, 1.82) is 0 Å². The molecule has 1 aliphatic heterocycles. The molecule has 0 atom stereocenters. The van der Waals surface area contributed by atoms with Gasteiger partial charge in [-0.05, 0) is 41.8 Å². The van der Waals surface area contributed by atoms with Gasteiger partial charge in [0.1, 0.15) is 5.75 Å². The number of nitrogens with zero attached hydrogens (tertiary/aromatic N) is 4. The van der Waals surface area contributed by atoms with E-state index >= 15 is 0 Å². The smallest absolute Gasteiger partial charge is 0.355 e. The fraction of sp³-hybridized carbons (Fsp3) is 0.333. The molecule has 0 fully saturated rings. The van der Waals surface area contributed by atoms with E-state index in [9.17, 15) is 9.59 Å². The number of hydrogen-bond donors (Lipinski definition) is 2. The van der Waals surface area contributed by atoms with Gasteiger partial charge in [-0.15, -0.1) is 0 Å². The Balaban J connectivity index is 1.62. The molecular formula is C24H26Cl2N6O3. The van der Waals surface area contributed by atoms with Crippen LogP contribution in [0.25, 0.3) is 0 Å². The van der Waals surface area contributed by atoms with E-state index in [2.05, 4.69) is 20.6 Å². The number of benzene rings is 2. The van der Waals surface area contributed by atoms with Gasteiger partial charge in [0.2, 0.25) is 5.95 Å². The van der Waals surface area contributed by atoms with E-state index < -0.39 is 11.4 Å². The molecule has 35 heavy (non-hydrogen) atoms. The van der Waals surface area contributed by atoms with Gasteiger partial charge in [-0.2, -0.15) is 4.98 Å². The van der Waals surface area contributed by atoms with E-state index in [1.807, 2.05) is 24.3 Å². The van der Waals surface area contributed by atoms with Crippen LogP contribution in [-0.4, -0.2) is 46.7 Å². The largest absolute Gasteiger partial charge is 0.497 e. The van der Waals surface area contributed by atoms with Gasteiger partial charge in [0.05, 0.1) is 42.6 Å². The maximum absolute atomic E-state index is 13.5. The molecule has 1 aliphatic rings. The summed E-state index contributed by atoms with van der Waals surface area (Å²) in [5.74, 6) is 1.92. The third-order valence-corrected chi connectivity index (χ3v) is 6.33. The number of halogens is 2. The van der Waals surface area contributed by atoms with Crippen LogP contribution in [0.1, 0.15) is 24.0 Å². The second-order valence-corrected chi connectivity index (χ2v) is 8.87. The van der Waals surface area contributed by atoms with Crippen molar-refractivity contribution in [3.05, 3.63) is 84.6 Å². The highest BCUT2D eigenvalue weighted by molar-refractivity contribution is 6.42. The molecule has 2 N–H and O–H groups in total. The van der Waals surface area contributed by atoms with Crippen LogP contribution in [0.3, 0.4) is 0 Å². The fourth-order valence-electron chi connectivity index (χ4n) is 3.75. The predicted octanol–water partition coefficient (Wildman–Crippen LogP) is 3.01. The molecular weight excluding hydrogens is 491 g/mol. The summed E-state index contributed by atoms with van der Waals surface area (Å²) in [4.78, 5) is 34.9. The number of aromatic nitrogens is 3. The molecule has 9 nitrogen and oxygen atoms in total. The van der Waals surface area contributed by atoms with Gasteiger partial charge >= 0.3 is 11.4 Å². The summed E-state index contributed by atoms with van der Waals surface area (Å²) < 4.78 is 7.77. The molecule has 0 amide bonds. The molecule has 3 aromatic rings. The first kappa shape index (κ1) is 24.8. The third-order valence-electron chi connectivity index (χ3n) is 5.59. The molecule has 2 heterocycles. The zero-order valence-corrected chi connectivity index (χ0v) is 20.8. The minimum absolute atomic E-state index is 0.0238. The minimum Gasteiger partial charge on any atom is -0.497 e. The average molecular weight is 517 g/mol. The van der Waals surface area contributed by atoms with E-state index in [1.165, 1.54) is 4.57 Å². The Bertz CT molecular complexity index is 1330. The molecule has 11 heteroatoms. The van der Waals surface area contributed by atoms with Gasteiger partial charge in [0.25, 0.3) is 0 Å². The average Bonchev–Trinajstić information content (AvgIpc) is 3.38. The summed E-state index contributed by atoms with van der Waals surface area (Å²) in [6, 6.07) is 12.4. The highest BCUT2D eigenvalue weighted by atomic mass is 35.5. The molecule has 0 aliphatic carbocycles. The summed E-state index contributed by atoms with van der Waals surface area (Å²) >= 11 is 12.1. The van der Waals surface area contributed by atoms with Crippen molar-refractivity contribution in [2.45, 2.75) is 25.9 Å². The zero-order valence-electron chi connectivity index (χ0n) is 19.3. The van der Waals surface area contributed by atoms with E-state index in [0.29, 0.717) is 27.9 Å². The first-order valence-electron chi connectivity index (χ1n) is 11.2. The molecule has 0 saturated carbocycles. The summed E-state index contributed by atoms with van der Waals surface area (Å²) in [6.45, 7) is 2.45. The first-order valence-corrected chi connectivity index (χ1v) is 12.0. The molecule has 0 spiro atoms. The second kappa shape index (κ2) is 11.4. The molecule has 2 aromatic carbocycles. The van der Waals surface area contributed by atoms with Crippen LogP contribution in [0.4, 0.5) is 5.95 Å². The van der Waals surface area contributed by atoms with Crippen molar-refractivity contribution >= 4 is 35.0 Å². The molecule has 0 unspecified atom stereocenters. The van der Waals surface area contributed by atoms with Crippen LogP contribution in [0.2, 0.25) is 10.0 Å². The zero-order chi connectivity index (χ0) is 24.8. The van der Waals surface area contributed by atoms with Crippen molar-refractivity contribution in [1.82, 2.24) is 19.4 Å². The van der Waals surface area contributed by atoms with Crippen LogP contribution in [0.15, 0.2) is 57.0 Å². The lowest BCUT2D eigenvalue weighted by Gasteiger charge is -2.16. The third kappa shape index (κ3) is 6.23. The van der Waals surface area contributed by atoms with Crippen molar-refractivity contribution < 1.29 is 4.74 Å². The van der Waals surface area contributed by atoms with Crippen LogP contribution in [0, 0.1) is 0 Å². The molecule has 184 valence electrons. The first-order chi connectivity index (χ1) is 16.9. The molecule has 4 rings (SSSR count). The van der Waals surface area contributed by atoms with Gasteiger partial charge in [0, 0.05) is 19.5 Å². The van der Waals surface area contributed by atoms with Crippen LogP contribution >= 0.6 is 23.2 Å². The quantitative estimate of drug-likeness (QED) is 0.401. The van der Waals surface area contributed by atoms with E-state index in [0.717, 1.165) is 41.9 Å². The SMILES string of the molecule is COc1ccc(Cn2c(NCCCC3=NCCN3)nc(=O)n(Cc3ccc(Cl)c(Cl)c3)c2=O)cc1. The maximum Gasteiger partial charge on any atom is 0.355 e. The summed E-state index contributed by atoms with van der Waals surface area (Å²) in [5.41, 5.74) is 0.413. The lowest BCUT2D eigenvalue weighted by molar-refractivity contribution is 0.414. The lowest BCUT2D eigenvalue weighted by Crippen LogP contribution is -2.43. The van der Waals surface area contributed by atoms with E-state index in [1.54, 1.807) is 25.3 Å². The highest BCUT2D eigenvalue weighted by Gasteiger charge is 2.15. The van der Waals surface area contributed by atoms with Crippen molar-refractivity contribution in [2.24, 2.45) is 4.99 Å². The number of rotatable bonds is 10. The Morgan fingerprint density at radius 1 is 1.03 bits per heavy atom. The summed E-state index contributed by atoms with van der Waals surface area (Å²) in [7, 11) is 1.59. The van der Waals surface area contributed by atoms with Gasteiger partial charge in [0.15, 0.2) is 0 Å². The normalized spacial score (nSPS) is 12.8. The monoisotopic (exact) mass is 516 g/mol. The number of hydrogen-bond acceptors (Lipinski definition) is 7. The Morgan fingerprint density at radius 2 is 1.77 bits per heavy atom. The molecule has 0 bridgehead atoms. The van der Waals surface area contributed by atoms with Crippen LogP contribution in [0.5, 0.6) is 5.75 Å². The summed E-state index contributed by atoms with van der Waals surface area (Å²) in [5, 5.41) is 7.15. The van der Waals surface area contributed by atoms with Gasteiger partial charge < -0.3 is 15.4 Å². The van der Waals surface area contributed by atoms with Crippen LogP contribution in [-0.2, 0) is 13.1 Å². The minimum atomic E-state index is -0.642. The number of ether oxygens (including phenoxy) is 1. The van der Waals surface area contributed by atoms with Crippen LogP contribution < -0.4 is 26.7 Å². The van der Waals surface area contributed by atoms with Crippen molar-refractivity contribution in [3.63, 3.8) is 0 Å². The van der Waals surface area contributed by atoms with Crippen molar-refractivity contribution in [3.8, 4) is 5.75 Å². The van der Waals surface area contributed by atoms with Crippen molar-refractivity contribution in [2.75, 3.05) is 32.1 Å². The molecule has 0 saturated heterocycles. The predicted molar refractivity (Wildman–Crippen MR) is 138 cm³/mol. The van der Waals surface area contributed by atoms with Gasteiger partial charge in [-0.3, -0.25) is 9.56 Å². The topological polar surface area (TPSA) is 103 Å². The van der Waals surface area contributed by atoms with Gasteiger partial charge in [-0.25, -0.2) is 14.2 Å². The van der Waals surface area contributed by atoms with E-state index in [4.69, 9.17) is 27.9 Å². The fourth-order valence-corrected chi connectivity index (χ4v) is 4.07. The number of anilines is 1. The number of methoxy groups -OCH3 is 1. The molecule has 1 aromatic heterocycles. The Labute approximate surface area is 212 Å². The Hall–Kier alpha value is -3.30. The highest BCUT2D eigenvalue weighted by Crippen LogP contribution is 2.22. The second-order valence-electron chi connectivity index (χ2n) is 8.05.